The molecule has 106 valence electrons. The van der Waals surface area contributed by atoms with E-state index < -0.39 is 6.16 Å². The Bertz CT molecular complexity index is 251. The molecule has 1 rings (SSSR count). The minimum atomic E-state index is -2.08. The van der Waals surface area contributed by atoms with Gasteiger partial charge >= 0.3 is 0 Å². The third kappa shape index (κ3) is 11.2. The quantitative estimate of drug-likeness (QED) is 0.551. The summed E-state index contributed by atoms with van der Waals surface area (Å²) in [5.41, 5.74) is 0. The Labute approximate surface area is 110 Å². The van der Waals surface area contributed by atoms with Crippen molar-refractivity contribution in [3.63, 3.8) is 0 Å². The van der Waals surface area contributed by atoms with Crippen molar-refractivity contribution < 1.29 is 19.6 Å². The van der Waals surface area contributed by atoms with Gasteiger partial charge in [-0.25, -0.2) is 0 Å². The van der Waals surface area contributed by atoms with Crippen LogP contribution in [0.2, 0.25) is 0 Å². The van der Waals surface area contributed by atoms with Gasteiger partial charge in [0.05, 0.1) is 13.6 Å². The fourth-order valence-corrected chi connectivity index (χ4v) is 1.95. The average molecular weight is 258 g/mol. The Kier molecular flexibility index (Phi) is 10.1. The summed E-state index contributed by atoms with van der Waals surface area (Å²) < 4.78 is 2.27. The predicted molar refractivity (Wildman–Crippen MR) is 70.1 cm³/mol. The molecule has 0 spiro atoms. The fourth-order valence-electron chi connectivity index (χ4n) is 1.95. The number of carboxylic acid groups (broad SMARTS) is 2. The molecular weight excluding hydrogens is 232 g/mol. The van der Waals surface area contributed by atoms with E-state index >= 15 is 0 Å². The first-order valence-electron chi connectivity index (χ1n) is 6.75. The highest BCUT2D eigenvalue weighted by atomic mass is 16.6. The SMILES string of the molecule is CCCCCCCCN1C=[N+](C)CC1.O=C([O-])O. The fraction of sp³-hybridized carbons (Fsp3) is 0.846. The zero-order valence-corrected chi connectivity index (χ0v) is 11.6. The van der Waals surface area contributed by atoms with Crippen LogP contribution < -0.4 is 5.11 Å². The van der Waals surface area contributed by atoms with Crippen LogP contribution in [0.1, 0.15) is 45.4 Å². The molecule has 1 heterocycles. The van der Waals surface area contributed by atoms with Gasteiger partial charge in [-0.05, 0) is 12.8 Å². The zero-order valence-electron chi connectivity index (χ0n) is 11.6. The summed E-state index contributed by atoms with van der Waals surface area (Å²) >= 11 is 0. The third-order valence-corrected chi connectivity index (χ3v) is 2.90. The van der Waals surface area contributed by atoms with Crippen molar-refractivity contribution in [2.24, 2.45) is 0 Å². The van der Waals surface area contributed by atoms with Gasteiger partial charge in [-0.1, -0.05) is 32.6 Å². The first-order chi connectivity index (χ1) is 8.56. The van der Waals surface area contributed by atoms with Gasteiger partial charge in [0.15, 0.2) is 0 Å². The largest absolute Gasteiger partial charge is 0.565 e. The van der Waals surface area contributed by atoms with Crippen LogP contribution in [0.25, 0.3) is 0 Å². The van der Waals surface area contributed by atoms with E-state index in [1.165, 1.54) is 58.2 Å². The Morgan fingerprint density at radius 1 is 1.33 bits per heavy atom. The van der Waals surface area contributed by atoms with E-state index in [4.69, 9.17) is 15.0 Å². The standard InChI is InChI=1S/C12H25N2.CH2O3/c1-3-4-5-6-7-8-9-14-11-10-13(2)12-14;2-1(3)4/h12H,3-11H2,1-2H3;(H2,2,3,4)/q+1;/p-1. The zero-order chi connectivity index (χ0) is 13.8. The molecule has 0 saturated heterocycles. The second-order valence-electron chi connectivity index (χ2n) is 4.67. The number of nitrogens with zero attached hydrogens (tertiary/aromatic N) is 2. The van der Waals surface area contributed by atoms with Crippen LogP contribution in [0, 0.1) is 0 Å². The van der Waals surface area contributed by atoms with Crippen molar-refractivity contribution >= 4 is 12.5 Å². The smallest absolute Gasteiger partial charge is 0.249 e. The second-order valence-corrected chi connectivity index (χ2v) is 4.67. The molecule has 1 N–H and O–H groups in total. The van der Waals surface area contributed by atoms with Crippen molar-refractivity contribution in [2.75, 3.05) is 26.7 Å². The highest BCUT2D eigenvalue weighted by Crippen LogP contribution is 2.06. The summed E-state index contributed by atoms with van der Waals surface area (Å²) in [5.74, 6) is 0. The van der Waals surface area contributed by atoms with Gasteiger partial charge in [0.2, 0.25) is 12.5 Å². The number of likely N-dealkylation sites (N-methyl/N-ethyl adjacent to an activating group) is 1. The second kappa shape index (κ2) is 10.9. The van der Waals surface area contributed by atoms with Gasteiger partial charge < -0.3 is 15.0 Å². The molecule has 18 heavy (non-hydrogen) atoms. The van der Waals surface area contributed by atoms with Crippen molar-refractivity contribution in [2.45, 2.75) is 45.4 Å². The monoisotopic (exact) mass is 258 g/mol. The van der Waals surface area contributed by atoms with Crippen LogP contribution in [0.5, 0.6) is 0 Å². The molecule has 0 amide bonds. The van der Waals surface area contributed by atoms with E-state index in [1.807, 2.05) is 0 Å². The number of unbranched alkanes of at least 4 members (excludes halogenated alkanes) is 5. The van der Waals surface area contributed by atoms with Crippen LogP contribution in [0.15, 0.2) is 0 Å². The van der Waals surface area contributed by atoms with Crippen molar-refractivity contribution in [3.05, 3.63) is 0 Å². The maximum atomic E-state index is 8.44. The average Bonchev–Trinajstić information content (AvgIpc) is 2.69. The number of rotatable bonds is 7. The van der Waals surface area contributed by atoms with Crippen molar-refractivity contribution in [1.82, 2.24) is 4.90 Å². The van der Waals surface area contributed by atoms with E-state index in [-0.39, 0.29) is 0 Å². The minimum Gasteiger partial charge on any atom is -0.565 e. The Morgan fingerprint density at radius 2 is 1.89 bits per heavy atom. The van der Waals surface area contributed by atoms with Gasteiger partial charge in [0.25, 0.3) is 0 Å². The molecule has 0 fully saturated rings. The van der Waals surface area contributed by atoms with Crippen molar-refractivity contribution in [3.8, 4) is 0 Å². The third-order valence-electron chi connectivity index (χ3n) is 2.90. The van der Waals surface area contributed by atoms with Gasteiger partial charge in [0, 0.05) is 0 Å². The van der Waals surface area contributed by atoms with Gasteiger partial charge in [-0.2, -0.15) is 0 Å². The highest BCUT2D eigenvalue weighted by Gasteiger charge is 2.14. The van der Waals surface area contributed by atoms with Gasteiger partial charge in [-0.3, -0.25) is 9.48 Å². The molecule has 0 aromatic heterocycles. The molecule has 0 aromatic carbocycles. The molecular formula is C13H26N2O3. The molecule has 0 aliphatic carbocycles. The molecule has 5 nitrogen and oxygen atoms in total. The normalized spacial score (nSPS) is 13.9. The highest BCUT2D eigenvalue weighted by molar-refractivity contribution is 5.50. The first kappa shape index (κ1) is 16.7. The summed E-state index contributed by atoms with van der Waals surface area (Å²) in [4.78, 5) is 10.9. The van der Waals surface area contributed by atoms with Gasteiger partial charge in [-0.15, -0.1) is 0 Å². The van der Waals surface area contributed by atoms with Crippen LogP contribution in [-0.4, -0.2) is 53.8 Å². The molecule has 0 saturated carbocycles. The molecule has 0 bridgehead atoms. The summed E-state index contributed by atoms with van der Waals surface area (Å²) in [5, 5.41) is 15.3. The summed E-state index contributed by atoms with van der Waals surface area (Å²) in [7, 11) is 2.15. The Morgan fingerprint density at radius 3 is 2.39 bits per heavy atom. The van der Waals surface area contributed by atoms with Crippen LogP contribution in [0.4, 0.5) is 4.79 Å². The lowest BCUT2D eigenvalue weighted by Crippen LogP contribution is -2.20. The Hall–Kier alpha value is -1.26. The lowest BCUT2D eigenvalue weighted by atomic mass is 10.1. The van der Waals surface area contributed by atoms with E-state index in [0.29, 0.717) is 0 Å². The summed E-state index contributed by atoms with van der Waals surface area (Å²) in [6.45, 7) is 5.97. The Balaban J connectivity index is 0.000000631. The maximum absolute atomic E-state index is 8.44. The lowest BCUT2D eigenvalue weighted by Gasteiger charge is -2.05. The summed E-state index contributed by atoms with van der Waals surface area (Å²) in [6, 6.07) is 0. The molecule has 5 heteroatoms. The van der Waals surface area contributed by atoms with E-state index in [2.05, 4.69) is 29.8 Å². The molecule has 1 aliphatic rings. The number of hydrogen-bond donors (Lipinski definition) is 1. The van der Waals surface area contributed by atoms with Crippen LogP contribution in [0.3, 0.4) is 0 Å². The topological polar surface area (TPSA) is 66.6 Å². The van der Waals surface area contributed by atoms with E-state index in [9.17, 15) is 0 Å². The molecule has 0 unspecified atom stereocenters. The van der Waals surface area contributed by atoms with E-state index in [1.54, 1.807) is 0 Å². The van der Waals surface area contributed by atoms with Crippen LogP contribution in [-0.2, 0) is 0 Å². The molecule has 0 aromatic rings. The minimum absolute atomic E-state index is 1.20. The summed E-state index contributed by atoms with van der Waals surface area (Å²) in [6.07, 6.45) is 8.58. The lowest BCUT2D eigenvalue weighted by molar-refractivity contribution is -0.482. The van der Waals surface area contributed by atoms with Crippen molar-refractivity contribution in [1.29, 1.82) is 0 Å². The molecule has 0 radical (unpaired) electrons. The van der Waals surface area contributed by atoms with Crippen LogP contribution >= 0.6 is 0 Å². The number of hydrogen-bond acceptors (Lipinski definition) is 3. The van der Waals surface area contributed by atoms with E-state index in [0.717, 1.165) is 0 Å². The first-order valence-corrected chi connectivity index (χ1v) is 6.75. The number of carbonyl (C=O) groups is 1. The predicted octanol–water partition coefficient (Wildman–Crippen LogP) is 1.22. The molecule has 0 atom stereocenters. The maximum Gasteiger partial charge on any atom is 0.249 e. The molecule has 1 aliphatic heterocycles. The van der Waals surface area contributed by atoms with Gasteiger partial charge in [0.1, 0.15) is 13.1 Å².